The number of carbonyl (C=O) groups excluding carboxylic acids is 1. The van der Waals surface area contributed by atoms with Crippen molar-refractivity contribution in [2.75, 3.05) is 32.8 Å². The summed E-state index contributed by atoms with van der Waals surface area (Å²) in [5, 5.41) is 0. The van der Waals surface area contributed by atoms with Gasteiger partial charge in [0, 0.05) is 51.5 Å². The van der Waals surface area contributed by atoms with Crippen molar-refractivity contribution in [3.8, 4) is 0 Å². The van der Waals surface area contributed by atoms with Crippen LogP contribution in [0.15, 0.2) is 24.3 Å². The number of rotatable bonds is 2. The Kier molecular flexibility index (Phi) is 9.70. The van der Waals surface area contributed by atoms with Crippen LogP contribution in [0.4, 0.5) is 0 Å². The molecule has 2 N–H and O–H groups in total. The molecule has 1 aromatic rings. The van der Waals surface area contributed by atoms with Crippen LogP contribution in [0.2, 0.25) is 0 Å². The maximum Gasteiger partial charge on any atom is 0.227 e. The maximum absolute atomic E-state index is 13.4. The van der Waals surface area contributed by atoms with E-state index >= 15 is 0 Å². The van der Waals surface area contributed by atoms with Crippen molar-refractivity contribution in [1.82, 2.24) is 9.80 Å². The van der Waals surface area contributed by atoms with Gasteiger partial charge < -0.3 is 15.4 Å². The molecule has 7 heteroatoms. The summed E-state index contributed by atoms with van der Waals surface area (Å²) in [6.45, 7) is 5.06. The number of hydrogen-bond donors (Lipinski definition) is 1. The predicted molar refractivity (Wildman–Crippen MR) is 121 cm³/mol. The average Bonchev–Trinajstić information content (AvgIpc) is 3.04. The van der Waals surface area contributed by atoms with Gasteiger partial charge in [-0.15, -0.1) is 24.8 Å². The minimum atomic E-state index is 0. The van der Waals surface area contributed by atoms with Gasteiger partial charge in [0.05, 0.1) is 5.92 Å². The van der Waals surface area contributed by atoms with Crippen molar-refractivity contribution in [2.45, 2.75) is 57.2 Å². The highest BCUT2D eigenvalue weighted by atomic mass is 35.5. The van der Waals surface area contributed by atoms with Crippen molar-refractivity contribution >= 4 is 30.7 Å². The van der Waals surface area contributed by atoms with Crippen molar-refractivity contribution < 1.29 is 9.53 Å². The van der Waals surface area contributed by atoms with E-state index in [4.69, 9.17) is 10.5 Å². The largest absolute Gasteiger partial charge is 0.381 e. The van der Waals surface area contributed by atoms with E-state index < -0.39 is 0 Å². The first-order valence-corrected chi connectivity index (χ1v) is 10.6. The van der Waals surface area contributed by atoms with Gasteiger partial charge in [-0.3, -0.25) is 9.69 Å². The molecule has 4 rings (SSSR count). The van der Waals surface area contributed by atoms with Crippen LogP contribution >= 0.6 is 24.8 Å². The SMILES string of the molecule is Cl.Cl.N[C@H]1CC[C@@H](C(=O)N2CCCc3ccccc3C2)CN(C2CCOCC2)C1. The number of nitrogens with zero attached hydrogens (tertiary/aromatic N) is 2. The monoisotopic (exact) mass is 443 g/mol. The summed E-state index contributed by atoms with van der Waals surface area (Å²) in [5.74, 6) is 0.407. The zero-order chi connectivity index (χ0) is 18.6. The Morgan fingerprint density at radius 2 is 1.72 bits per heavy atom. The first-order valence-electron chi connectivity index (χ1n) is 10.6. The number of benzene rings is 1. The molecule has 29 heavy (non-hydrogen) atoms. The van der Waals surface area contributed by atoms with Crippen LogP contribution in [0.1, 0.15) is 43.2 Å². The average molecular weight is 444 g/mol. The molecule has 0 aromatic heterocycles. The van der Waals surface area contributed by atoms with Gasteiger partial charge in [-0.2, -0.15) is 0 Å². The minimum Gasteiger partial charge on any atom is -0.381 e. The van der Waals surface area contributed by atoms with Crippen molar-refractivity contribution in [3.63, 3.8) is 0 Å². The number of halogens is 2. The van der Waals surface area contributed by atoms with Gasteiger partial charge in [0.2, 0.25) is 5.91 Å². The number of amides is 1. The summed E-state index contributed by atoms with van der Waals surface area (Å²) < 4.78 is 5.53. The molecule has 0 spiro atoms. The van der Waals surface area contributed by atoms with Gasteiger partial charge in [-0.25, -0.2) is 0 Å². The molecular weight excluding hydrogens is 409 g/mol. The third-order valence-electron chi connectivity index (χ3n) is 6.53. The molecule has 1 aromatic carbocycles. The Balaban J connectivity index is 0.00000150. The quantitative estimate of drug-likeness (QED) is 0.762. The Hall–Kier alpha value is -0.850. The second kappa shape index (κ2) is 11.5. The standard InChI is InChI=1S/C22H33N3O2.2ClH/c23-20-8-7-19(15-25(16-20)21-9-12-27-13-10-21)22(26)24-11-3-6-17-4-1-2-5-18(17)14-24;;/h1-2,4-5,19-21H,3,6-16,23H2;2*1H/t19-,20+;;/m1../s1. The lowest BCUT2D eigenvalue weighted by molar-refractivity contribution is -0.137. The summed E-state index contributed by atoms with van der Waals surface area (Å²) in [6.07, 6.45) is 6.11. The summed E-state index contributed by atoms with van der Waals surface area (Å²) in [5.41, 5.74) is 9.08. The molecule has 0 aliphatic carbocycles. The van der Waals surface area contributed by atoms with E-state index in [2.05, 4.69) is 34.1 Å². The third kappa shape index (κ3) is 6.08. The van der Waals surface area contributed by atoms with Crippen LogP contribution in [0.3, 0.4) is 0 Å². The molecule has 2 fully saturated rings. The smallest absolute Gasteiger partial charge is 0.227 e. The van der Waals surface area contributed by atoms with Gasteiger partial charge in [-0.1, -0.05) is 24.3 Å². The summed E-state index contributed by atoms with van der Waals surface area (Å²) >= 11 is 0. The molecule has 5 nitrogen and oxygen atoms in total. The number of fused-ring (bicyclic) bond motifs is 1. The van der Waals surface area contributed by atoms with Crippen molar-refractivity contribution in [2.24, 2.45) is 11.7 Å². The molecule has 0 bridgehead atoms. The highest BCUT2D eigenvalue weighted by molar-refractivity contribution is 5.85. The van der Waals surface area contributed by atoms with Gasteiger partial charge in [-0.05, 0) is 49.7 Å². The van der Waals surface area contributed by atoms with Crippen LogP contribution in [-0.2, 0) is 22.5 Å². The van der Waals surface area contributed by atoms with Crippen LogP contribution in [0.25, 0.3) is 0 Å². The molecule has 3 heterocycles. The molecule has 164 valence electrons. The van der Waals surface area contributed by atoms with Crippen molar-refractivity contribution in [3.05, 3.63) is 35.4 Å². The van der Waals surface area contributed by atoms with Crippen LogP contribution in [0, 0.1) is 5.92 Å². The van der Waals surface area contributed by atoms with Crippen LogP contribution in [-0.4, -0.2) is 60.6 Å². The fourth-order valence-corrected chi connectivity index (χ4v) is 4.95. The highest BCUT2D eigenvalue weighted by Crippen LogP contribution is 2.26. The van der Waals surface area contributed by atoms with Crippen molar-refractivity contribution in [1.29, 1.82) is 0 Å². The molecule has 0 radical (unpaired) electrons. The lowest BCUT2D eigenvalue weighted by Gasteiger charge is -2.36. The second-order valence-corrected chi connectivity index (χ2v) is 8.46. The summed E-state index contributed by atoms with van der Waals surface area (Å²) in [7, 11) is 0. The van der Waals surface area contributed by atoms with Crippen LogP contribution in [0.5, 0.6) is 0 Å². The zero-order valence-electron chi connectivity index (χ0n) is 17.1. The summed E-state index contributed by atoms with van der Waals surface area (Å²) in [4.78, 5) is 18.0. The van der Waals surface area contributed by atoms with Gasteiger partial charge in [0.1, 0.15) is 0 Å². The summed E-state index contributed by atoms with van der Waals surface area (Å²) in [6, 6.07) is 9.27. The minimum absolute atomic E-state index is 0. The normalized spacial score (nSPS) is 26.3. The maximum atomic E-state index is 13.4. The van der Waals surface area contributed by atoms with Crippen LogP contribution < -0.4 is 5.73 Å². The third-order valence-corrected chi connectivity index (χ3v) is 6.53. The van der Waals surface area contributed by atoms with E-state index in [1.165, 1.54) is 11.1 Å². The van der Waals surface area contributed by atoms with Gasteiger partial charge in [0.15, 0.2) is 0 Å². The topological polar surface area (TPSA) is 58.8 Å². The fourth-order valence-electron chi connectivity index (χ4n) is 4.95. The molecule has 0 saturated carbocycles. The molecule has 0 unspecified atom stereocenters. The number of nitrogens with two attached hydrogens (primary N) is 1. The first kappa shape index (κ1) is 24.4. The lowest BCUT2D eigenvalue weighted by atomic mass is 9.99. The molecule has 2 saturated heterocycles. The molecule has 2 atom stereocenters. The van der Waals surface area contributed by atoms with E-state index in [1.807, 2.05) is 0 Å². The second-order valence-electron chi connectivity index (χ2n) is 8.46. The Morgan fingerprint density at radius 1 is 1.00 bits per heavy atom. The Bertz CT molecular complexity index is 655. The zero-order valence-corrected chi connectivity index (χ0v) is 18.8. The fraction of sp³-hybridized carbons (Fsp3) is 0.682. The molecular formula is C22H35Cl2N3O2. The van der Waals surface area contributed by atoms with E-state index in [1.54, 1.807) is 0 Å². The number of hydrogen-bond acceptors (Lipinski definition) is 4. The Morgan fingerprint density at radius 3 is 2.48 bits per heavy atom. The Labute approximate surface area is 187 Å². The van der Waals surface area contributed by atoms with Gasteiger partial charge in [0.25, 0.3) is 0 Å². The molecule has 3 aliphatic heterocycles. The van der Waals surface area contributed by atoms with E-state index in [-0.39, 0.29) is 36.8 Å². The van der Waals surface area contributed by atoms with E-state index in [0.29, 0.717) is 11.9 Å². The number of carbonyl (C=O) groups is 1. The number of likely N-dealkylation sites (tertiary alicyclic amines) is 1. The van der Waals surface area contributed by atoms with E-state index in [0.717, 1.165) is 77.9 Å². The number of aryl methyl sites for hydroxylation is 1. The van der Waals surface area contributed by atoms with E-state index in [9.17, 15) is 4.79 Å². The number of ether oxygens (including phenoxy) is 1. The van der Waals surface area contributed by atoms with Gasteiger partial charge >= 0.3 is 0 Å². The highest BCUT2D eigenvalue weighted by Gasteiger charge is 2.34. The first-order chi connectivity index (χ1) is 13.2. The molecule has 3 aliphatic rings. The lowest BCUT2D eigenvalue weighted by Crippen LogP contribution is -2.47. The predicted octanol–water partition coefficient (Wildman–Crippen LogP) is 3.02. The molecule has 1 amide bonds.